The van der Waals surface area contributed by atoms with Crippen LogP contribution in [0.2, 0.25) is 0 Å². The van der Waals surface area contributed by atoms with E-state index < -0.39 is 10.7 Å². The Kier molecular flexibility index (Phi) is 3.84. The molecule has 1 atom stereocenters. The minimum Gasteiger partial charge on any atom is -0.366 e. The maximum Gasteiger partial charge on any atom is 0.292 e. The number of hydrogen-bond acceptors (Lipinski definition) is 3. The number of nitrogens with one attached hydrogen (secondary N) is 1. The molecular weight excluding hydrogens is 211 g/mol. The average molecular weight is 222 g/mol. The second-order valence-corrected chi connectivity index (χ2v) is 3.19. The summed E-state index contributed by atoms with van der Waals surface area (Å²) in [5.74, 6) is 1.89. The van der Waals surface area contributed by atoms with Gasteiger partial charge >= 0.3 is 0 Å². The van der Waals surface area contributed by atoms with Gasteiger partial charge in [-0.05, 0) is 12.5 Å². The molecule has 4 nitrogen and oxygen atoms in total. The van der Waals surface area contributed by atoms with Crippen LogP contribution in [-0.2, 0) is 0 Å². The van der Waals surface area contributed by atoms with Crippen LogP contribution in [0, 0.1) is 28.3 Å². The fourth-order valence-electron chi connectivity index (χ4n) is 1.23. The van der Waals surface area contributed by atoms with Crippen molar-refractivity contribution >= 4 is 11.4 Å². The van der Waals surface area contributed by atoms with Crippen LogP contribution in [0.3, 0.4) is 0 Å². The lowest BCUT2D eigenvalue weighted by molar-refractivity contribution is -0.384. The van der Waals surface area contributed by atoms with Gasteiger partial charge in [0.15, 0.2) is 0 Å². The number of benzene rings is 1. The van der Waals surface area contributed by atoms with Gasteiger partial charge in [-0.1, -0.05) is 12.8 Å². The van der Waals surface area contributed by atoms with Crippen LogP contribution < -0.4 is 5.32 Å². The van der Waals surface area contributed by atoms with Gasteiger partial charge in [0, 0.05) is 12.1 Å². The summed E-state index contributed by atoms with van der Waals surface area (Å²) >= 11 is 0. The standard InChI is InChI=1S/C11H11FN2O2/c1-3-9(4-2)13-10-7-8(12)5-6-11(10)14(15)16/h1,5-7,9,13H,4H2,2H3. The molecule has 1 rings (SSSR count). The first-order valence-electron chi connectivity index (χ1n) is 4.75. The van der Waals surface area contributed by atoms with E-state index in [0.717, 1.165) is 18.2 Å². The van der Waals surface area contributed by atoms with Gasteiger partial charge < -0.3 is 5.32 Å². The highest BCUT2D eigenvalue weighted by atomic mass is 19.1. The van der Waals surface area contributed by atoms with E-state index in [-0.39, 0.29) is 17.4 Å². The Bertz CT molecular complexity index is 440. The van der Waals surface area contributed by atoms with E-state index >= 15 is 0 Å². The first kappa shape index (κ1) is 12.0. The number of terminal acetylenes is 1. The molecule has 0 heterocycles. The van der Waals surface area contributed by atoms with Gasteiger partial charge in [0.05, 0.1) is 11.0 Å². The predicted molar refractivity (Wildman–Crippen MR) is 59.6 cm³/mol. The monoisotopic (exact) mass is 222 g/mol. The van der Waals surface area contributed by atoms with Gasteiger partial charge in [0.25, 0.3) is 5.69 Å². The molecular formula is C11H11FN2O2. The largest absolute Gasteiger partial charge is 0.366 e. The van der Waals surface area contributed by atoms with Crippen molar-refractivity contribution in [1.82, 2.24) is 0 Å². The zero-order valence-electron chi connectivity index (χ0n) is 8.74. The zero-order valence-corrected chi connectivity index (χ0v) is 8.74. The minimum atomic E-state index is -0.578. The van der Waals surface area contributed by atoms with Gasteiger partial charge in [-0.3, -0.25) is 10.1 Å². The number of nitro benzene ring substituents is 1. The second-order valence-electron chi connectivity index (χ2n) is 3.19. The summed E-state index contributed by atoms with van der Waals surface area (Å²) in [4.78, 5) is 10.1. The molecule has 5 heteroatoms. The van der Waals surface area contributed by atoms with E-state index in [0.29, 0.717) is 6.42 Å². The number of hydrogen-bond donors (Lipinski definition) is 1. The molecule has 0 aliphatic rings. The Morgan fingerprint density at radius 3 is 2.88 bits per heavy atom. The SMILES string of the molecule is C#CC(CC)Nc1cc(F)ccc1[N+](=O)[O-]. The summed E-state index contributed by atoms with van der Waals surface area (Å²) in [5, 5.41) is 13.4. The third-order valence-corrected chi connectivity index (χ3v) is 2.09. The van der Waals surface area contributed by atoms with Crippen molar-refractivity contribution in [3.8, 4) is 12.3 Å². The molecule has 0 saturated heterocycles. The van der Waals surface area contributed by atoms with E-state index in [1.54, 1.807) is 0 Å². The maximum absolute atomic E-state index is 13.0. The van der Waals surface area contributed by atoms with E-state index in [2.05, 4.69) is 11.2 Å². The van der Waals surface area contributed by atoms with E-state index in [1.165, 1.54) is 0 Å². The molecule has 0 bridgehead atoms. The van der Waals surface area contributed by atoms with Crippen molar-refractivity contribution in [3.05, 3.63) is 34.1 Å². The van der Waals surface area contributed by atoms with Crippen LogP contribution in [-0.4, -0.2) is 11.0 Å². The molecule has 0 radical (unpaired) electrons. The lowest BCUT2D eigenvalue weighted by Gasteiger charge is -2.12. The van der Waals surface area contributed by atoms with E-state index in [1.807, 2.05) is 6.92 Å². The van der Waals surface area contributed by atoms with Crippen LogP contribution in [0.15, 0.2) is 18.2 Å². The van der Waals surface area contributed by atoms with Crippen LogP contribution in [0.4, 0.5) is 15.8 Å². The number of nitrogens with zero attached hydrogens (tertiary/aromatic N) is 1. The zero-order chi connectivity index (χ0) is 12.1. The Labute approximate surface area is 92.6 Å². The second kappa shape index (κ2) is 5.12. The third-order valence-electron chi connectivity index (χ3n) is 2.09. The molecule has 0 fully saturated rings. The summed E-state index contributed by atoms with van der Waals surface area (Å²) in [7, 11) is 0. The molecule has 1 aromatic rings. The first-order valence-corrected chi connectivity index (χ1v) is 4.75. The molecule has 84 valence electrons. The van der Waals surface area contributed by atoms with Crippen molar-refractivity contribution < 1.29 is 9.31 Å². The van der Waals surface area contributed by atoms with Crippen LogP contribution in [0.5, 0.6) is 0 Å². The topological polar surface area (TPSA) is 55.2 Å². The molecule has 0 aliphatic heterocycles. The van der Waals surface area contributed by atoms with Gasteiger partial charge in [-0.15, -0.1) is 6.42 Å². The molecule has 0 aromatic heterocycles. The highest BCUT2D eigenvalue weighted by Gasteiger charge is 2.16. The fraction of sp³-hybridized carbons (Fsp3) is 0.273. The quantitative estimate of drug-likeness (QED) is 0.484. The van der Waals surface area contributed by atoms with Crippen LogP contribution in [0.25, 0.3) is 0 Å². The highest BCUT2D eigenvalue weighted by molar-refractivity contribution is 5.62. The van der Waals surface area contributed by atoms with Gasteiger partial charge in [0.2, 0.25) is 0 Å². The van der Waals surface area contributed by atoms with Crippen molar-refractivity contribution in [2.24, 2.45) is 0 Å². The number of anilines is 1. The first-order chi connectivity index (χ1) is 7.58. The van der Waals surface area contributed by atoms with Gasteiger partial charge in [-0.2, -0.15) is 0 Å². The molecule has 1 unspecified atom stereocenters. The Hall–Kier alpha value is -2.09. The van der Waals surface area contributed by atoms with Crippen molar-refractivity contribution in [1.29, 1.82) is 0 Å². The lowest BCUT2D eigenvalue weighted by atomic mass is 10.2. The molecule has 16 heavy (non-hydrogen) atoms. The summed E-state index contributed by atoms with van der Waals surface area (Å²) in [6, 6.07) is 2.87. The predicted octanol–water partition coefficient (Wildman–Crippen LogP) is 2.56. The maximum atomic E-state index is 13.0. The Balaban J connectivity index is 3.06. The summed E-state index contributed by atoms with van der Waals surface area (Å²) in [6.07, 6.45) is 5.82. The van der Waals surface area contributed by atoms with Crippen molar-refractivity contribution in [2.45, 2.75) is 19.4 Å². The van der Waals surface area contributed by atoms with E-state index in [9.17, 15) is 14.5 Å². The van der Waals surface area contributed by atoms with Crippen LogP contribution in [0.1, 0.15) is 13.3 Å². The van der Waals surface area contributed by atoms with Crippen molar-refractivity contribution in [2.75, 3.05) is 5.32 Å². The summed E-state index contributed by atoms with van der Waals surface area (Å²) in [6.45, 7) is 1.84. The number of nitro groups is 1. The molecule has 0 spiro atoms. The average Bonchev–Trinajstić information content (AvgIpc) is 2.25. The summed E-state index contributed by atoms with van der Waals surface area (Å²) < 4.78 is 13.0. The van der Waals surface area contributed by atoms with Gasteiger partial charge in [0.1, 0.15) is 11.5 Å². The fourth-order valence-corrected chi connectivity index (χ4v) is 1.23. The van der Waals surface area contributed by atoms with Gasteiger partial charge in [-0.25, -0.2) is 4.39 Å². The molecule has 1 aromatic carbocycles. The highest BCUT2D eigenvalue weighted by Crippen LogP contribution is 2.25. The van der Waals surface area contributed by atoms with E-state index in [4.69, 9.17) is 6.42 Å². The smallest absolute Gasteiger partial charge is 0.292 e. The molecule has 0 saturated carbocycles. The van der Waals surface area contributed by atoms with Crippen molar-refractivity contribution in [3.63, 3.8) is 0 Å². The number of rotatable bonds is 4. The normalized spacial score (nSPS) is 11.6. The Morgan fingerprint density at radius 1 is 1.69 bits per heavy atom. The Morgan fingerprint density at radius 2 is 2.38 bits per heavy atom. The molecule has 1 N–H and O–H groups in total. The van der Waals surface area contributed by atoms with Crippen LogP contribution >= 0.6 is 0 Å². The summed E-state index contributed by atoms with van der Waals surface area (Å²) in [5.41, 5.74) is -0.0788. The minimum absolute atomic E-state index is 0.106. The molecule has 0 amide bonds. The number of halogens is 1. The lowest BCUT2D eigenvalue weighted by Crippen LogP contribution is -2.16. The third kappa shape index (κ3) is 2.70. The molecule has 0 aliphatic carbocycles.